The molecule has 1 heterocycles. The normalized spacial score (nSPS) is 11.4. The van der Waals surface area contributed by atoms with E-state index in [0.29, 0.717) is 27.4 Å². The molecule has 0 unspecified atom stereocenters. The van der Waals surface area contributed by atoms with Crippen LogP contribution in [0.2, 0.25) is 10.0 Å². The monoisotopic (exact) mass is 419 g/mol. The van der Waals surface area contributed by atoms with E-state index in [1.54, 1.807) is 36.5 Å². The largest absolute Gasteiger partial charge is 0.294 e. The van der Waals surface area contributed by atoms with E-state index >= 15 is 0 Å². The summed E-state index contributed by atoms with van der Waals surface area (Å²) in [7, 11) is -3.35. The van der Waals surface area contributed by atoms with Crippen molar-refractivity contribution in [2.24, 2.45) is 0 Å². The Labute approximate surface area is 167 Å². The number of ketones is 1. The lowest BCUT2D eigenvalue weighted by molar-refractivity contribution is 0.0993. The second kappa shape index (κ2) is 7.80. The minimum Gasteiger partial charge on any atom is -0.294 e. The third-order valence-electron chi connectivity index (χ3n) is 4.03. The van der Waals surface area contributed by atoms with Crippen LogP contribution in [-0.4, -0.2) is 25.4 Å². The van der Waals surface area contributed by atoms with Crippen LogP contribution < -0.4 is 0 Å². The molecule has 0 bridgehead atoms. The van der Waals surface area contributed by atoms with E-state index in [4.69, 9.17) is 23.2 Å². The summed E-state index contributed by atoms with van der Waals surface area (Å²) in [6.45, 7) is 0. The molecule has 4 nitrogen and oxygen atoms in total. The van der Waals surface area contributed by atoms with Crippen LogP contribution in [0.3, 0.4) is 0 Å². The first-order valence-corrected chi connectivity index (χ1v) is 10.6. The van der Waals surface area contributed by atoms with Crippen molar-refractivity contribution in [1.29, 1.82) is 0 Å². The number of halogens is 2. The average Bonchev–Trinajstić information content (AvgIpc) is 2.63. The molecule has 0 aliphatic carbocycles. The van der Waals surface area contributed by atoms with E-state index in [1.807, 2.05) is 12.1 Å². The molecule has 3 rings (SSSR count). The fraction of sp³-hybridized carbons (Fsp3) is 0.100. The second-order valence-electron chi connectivity index (χ2n) is 6.03. The highest BCUT2D eigenvalue weighted by Crippen LogP contribution is 2.28. The van der Waals surface area contributed by atoms with Gasteiger partial charge < -0.3 is 0 Å². The van der Waals surface area contributed by atoms with Crippen molar-refractivity contribution >= 4 is 38.8 Å². The standard InChI is InChI=1S/C20H15Cl2NO3S/c1-27(25,26)15-7-5-13(18(22)12-15)11-20(24)14-6-8-17(21)16(10-14)19-4-2-3-9-23-19/h2-10,12H,11H2,1H3. The lowest BCUT2D eigenvalue weighted by atomic mass is 10.00. The van der Waals surface area contributed by atoms with E-state index in [0.717, 1.165) is 6.26 Å². The van der Waals surface area contributed by atoms with E-state index in [2.05, 4.69) is 4.98 Å². The Morgan fingerprint density at radius 2 is 1.78 bits per heavy atom. The molecule has 0 radical (unpaired) electrons. The predicted molar refractivity (Wildman–Crippen MR) is 107 cm³/mol. The first-order valence-electron chi connectivity index (χ1n) is 7.98. The molecule has 3 aromatic rings. The number of nitrogens with zero attached hydrogens (tertiary/aromatic N) is 1. The van der Waals surface area contributed by atoms with Crippen molar-refractivity contribution in [3.05, 3.63) is 82.0 Å². The highest BCUT2D eigenvalue weighted by Gasteiger charge is 2.15. The Balaban J connectivity index is 1.89. The van der Waals surface area contributed by atoms with Gasteiger partial charge >= 0.3 is 0 Å². The molecule has 1 aromatic heterocycles. The third-order valence-corrected chi connectivity index (χ3v) is 5.82. The summed E-state index contributed by atoms with van der Waals surface area (Å²) in [5.74, 6) is -0.155. The van der Waals surface area contributed by atoms with Crippen molar-refractivity contribution in [3.63, 3.8) is 0 Å². The predicted octanol–water partition coefficient (Wildman–Crippen LogP) is 4.88. The molecule has 2 aromatic carbocycles. The summed E-state index contributed by atoms with van der Waals surface area (Å²) in [5, 5.41) is 0.742. The smallest absolute Gasteiger partial charge is 0.175 e. The molecule has 0 saturated heterocycles. The van der Waals surface area contributed by atoms with Gasteiger partial charge in [-0.3, -0.25) is 9.78 Å². The van der Waals surface area contributed by atoms with Gasteiger partial charge in [0, 0.05) is 35.0 Å². The van der Waals surface area contributed by atoms with Crippen molar-refractivity contribution in [1.82, 2.24) is 4.98 Å². The molecule has 0 atom stereocenters. The first-order chi connectivity index (χ1) is 12.8. The minimum absolute atomic E-state index is 0.0478. The van der Waals surface area contributed by atoms with Gasteiger partial charge in [0.15, 0.2) is 15.6 Å². The summed E-state index contributed by atoms with van der Waals surface area (Å²) in [6, 6.07) is 14.8. The van der Waals surface area contributed by atoms with E-state index in [9.17, 15) is 13.2 Å². The van der Waals surface area contributed by atoms with Gasteiger partial charge in [0.05, 0.1) is 15.6 Å². The molecule has 0 amide bonds. The highest BCUT2D eigenvalue weighted by molar-refractivity contribution is 7.90. The molecule has 27 heavy (non-hydrogen) atoms. The Morgan fingerprint density at radius 1 is 1.00 bits per heavy atom. The van der Waals surface area contributed by atoms with E-state index in [1.165, 1.54) is 12.1 Å². The van der Waals surface area contributed by atoms with Gasteiger partial charge in [-0.05, 0) is 48.0 Å². The van der Waals surface area contributed by atoms with Gasteiger partial charge in [-0.25, -0.2) is 8.42 Å². The third kappa shape index (κ3) is 4.56. The minimum atomic E-state index is -3.35. The Bertz CT molecular complexity index is 1110. The number of carbonyl (C=O) groups excluding carboxylic acids is 1. The highest BCUT2D eigenvalue weighted by atomic mass is 35.5. The molecule has 7 heteroatoms. The van der Waals surface area contributed by atoms with Crippen LogP contribution in [0.5, 0.6) is 0 Å². The summed E-state index contributed by atoms with van der Waals surface area (Å²) >= 11 is 12.4. The van der Waals surface area contributed by atoms with Crippen molar-refractivity contribution in [2.45, 2.75) is 11.3 Å². The molecule has 0 spiro atoms. The van der Waals surface area contributed by atoms with Crippen molar-refractivity contribution in [2.75, 3.05) is 6.26 Å². The number of sulfone groups is 1. The Morgan fingerprint density at radius 3 is 2.41 bits per heavy atom. The van der Waals surface area contributed by atoms with Crippen LogP contribution in [-0.2, 0) is 16.3 Å². The number of carbonyl (C=O) groups is 1. The van der Waals surface area contributed by atoms with Crippen LogP contribution in [0.1, 0.15) is 15.9 Å². The van der Waals surface area contributed by atoms with Gasteiger partial charge in [0.2, 0.25) is 0 Å². The molecular weight excluding hydrogens is 405 g/mol. The fourth-order valence-electron chi connectivity index (χ4n) is 2.59. The van der Waals surface area contributed by atoms with Gasteiger partial charge in [-0.1, -0.05) is 35.3 Å². The molecule has 0 fully saturated rings. The maximum absolute atomic E-state index is 12.7. The number of pyridine rings is 1. The molecular formula is C20H15Cl2NO3S. The van der Waals surface area contributed by atoms with E-state index in [-0.39, 0.29) is 22.1 Å². The molecule has 0 aliphatic rings. The molecule has 138 valence electrons. The second-order valence-corrected chi connectivity index (χ2v) is 8.87. The van der Waals surface area contributed by atoms with Gasteiger partial charge in [0.25, 0.3) is 0 Å². The number of aromatic nitrogens is 1. The lowest BCUT2D eigenvalue weighted by Crippen LogP contribution is -2.05. The summed E-state index contributed by atoms with van der Waals surface area (Å²) in [6.07, 6.45) is 2.81. The zero-order chi connectivity index (χ0) is 19.6. The van der Waals surface area contributed by atoms with Gasteiger partial charge in [-0.15, -0.1) is 0 Å². The van der Waals surface area contributed by atoms with Crippen LogP contribution in [0.25, 0.3) is 11.3 Å². The Hall–Kier alpha value is -2.21. The maximum atomic E-state index is 12.7. The number of hydrogen-bond donors (Lipinski definition) is 0. The average molecular weight is 420 g/mol. The van der Waals surface area contributed by atoms with Crippen LogP contribution in [0, 0.1) is 0 Å². The van der Waals surface area contributed by atoms with Crippen LogP contribution >= 0.6 is 23.2 Å². The summed E-state index contributed by atoms with van der Waals surface area (Å²) < 4.78 is 23.2. The summed E-state index contributed by atoms with van der Waals surface area (Å²) in [4.78, 5) is 17.1. The Kier molecular flexibility index (Phi) is 5.65. The first kappa shape index (κ1) is 19.5. The molecule has 0 aliphatic heterocycles. The van der Waals surface area contributed by atoms with Crippen LogP contribution in [0.4, 0.5) is 0 Å². The van der Waals surface area contributed by atoms with Crippen molar-refractivity contribution < 1.29 is 13.2 Å². The number of rotatable bonds is 5. The maximum Gasteiger partial charge on any atom is 0.175 e. The molecule has 0 N–H and O–H groups in total. The van der Waals surface area contributed by atoms with Crippen LogP contribution in [0.15, 0.2) is 65.7 Å². The molecule has 0 saturated carbocycles. The zero-order valence-corrected chi connectivity index (χ0v) is 16.6. The zero-order valence-electron chi connectivity index (χ0n) is 14.3. The number of Topliss-reactive ketones (excluding diaryl/α,β-unsaturated/α-hetero) is 1. The topological polar surface area (TPSA) is 64.1 Å². The van der Waals surface area contributed by atoms with Crippen molar-refractivity contribution in [3.8, 4) is 11.3 Å². The van der Waals surface area contributed by atoms with E-state index < -0.39 is 9.84 Å². The fourth-order valence-corrected chi connectivity index (χ4v) is 3.77. The summed E-state index contributed by atoms with van der Waals surface area (Å²) in [5.41, 5.74) is 2.38. The van der Waals surface area contributed by atoms with Gasteiger partial charge in [0.1, 0.15) is 0 Å². The number of hydrogen-bond acceptors (Lipinski definition) is 4. The SMILES string of the molecule is CS(=O)(=O)c1ccc(CC(=O)c2ccc(Cl)c(-c3ccccn3)c2)c(Cl)c1. The lowest BCUT2D eigenvalue weighted by Gasteiger charge is -2.09. The quantitative estimate of drug-likeness (QED) is 0.552. The van der Waals surface area contributed by atoms with Gasteiger partial charge in [-0.2, -0.15) is 0 Å². The number of benzene rings is 2.